The topological polar surface area (TPSA) is 67.9 Å². The first-order chi connectivity index (χ1) is 14.7. The van der Waals surface area contributed by atoms with E-state index in [9.17, 15) is 9.59 Å². The van der Waals surface area contributed by atoms with Gasteiger partial charge in [0.1, 0.15) is 18.9 Å². The summed E-state index contributed by atoms with van der Waals surface area (Å²) in [5.74, 6) is 0.314. The maximum absolute atomic E-state index is 13.4. The van der Waals surface area contributed by atoms with Gasteiger partial charge in [-0.15, -0.1) is 0 Å². The molecule has 2 aliphatic heterocycles. The van der Waals surface area contributed by atoms with Gasteiger partial charge in [-0.3, -0.25) is 9.59 Å². The van der Waals surface area contributed by atoms with Crippen LogP contribution in [0.15, 0.2) is 84.6 Å². The second kappa shape index (κ2) is 7.40. The molecule has 2 aliphatic rings. The van der Waals surface area contributed by atoms with Crippen LogP contribution in [0.5, 0.6) is 11.5 Å². The molecule has 6 nitrogen and oxygen atoms in total. The fourth-order valence-corrected chi connectivity index (χ4v) is 3.59. The van der Waals surface area contributed by atoms with Crippen LogP contribution in [0.1, 0.15) is 5.56 Å². The summed E-state index contributed by atoms with van der Waals surface area (Å²) in [7, 11) is 0. The van der Waals surface area contributed by atoms with Crippen LogP contribution in [-0.2, 0) is 9.59 Å². The van der Waals surface area contributed by atoms with E-state index < -0.39 is 5.91 Å². The normalized spacial score (nSPS) is 15.5. The number of benzene rings is 3. The Balaban J connectivity index is 1.58. The summed E-state index contributed by atoms with van der Waals surface area (Å²) in [6, 6.07) is 23.6. The van der Waals surface area contributed by atoms with E-state index in [4.69, 9.17) is 9.47 Å². The lowest BCUT2D eigenvalue weighted by Crippen LogP contribution is -2.32. The number of hydrogen-bond acceptors (Lipinski definition) is 5. The summed E-state index contributed by atoms with van der Waals surface area (Å²) in [4.78, 5) is 28.0. The molecule has 0 atom stereocenters. The van der Waals surface area contributed by atoms with Gasteiger partial charge in [0.2, 0.25) is 0 Å². The van der Waals surface area contributed by atoms with E-state index in [1.54, 1.807) is 18.2 Å². The van der Waals surface area contributed by atoms with Crippen molar-refractivity contribution < 1.29 is 19.1 Å². The number of imide groups is 1. The van der Waals surface area contributed by atoms with E-state index in [1.165, 1.54) is 4.90 Å². The smallest absolute Gasteiger partial charge is 0.282 e. The van der Waals surface area contributed by atoms with E-state index in [-0.39, 0.29) is 11.6 Å². The van der Waals surface area contributed by atoms with Gasteiger partial charge >= 0.3 is 0 Å². The average molecular weight is 398 g/mol. The maximum Gasteiger partial charge on any atom is 0.282 e. The Labute approximate surface area is 173 Å². The minimum absolute atomic E-state index is 0.243. The van der Waals surface area contributed by atoms with Crippen molar-refractivity contribution in [1.29, 1.82) is 0 Å². The number of carbonyl (C=O) groups excluding carboxylic acids is 2. The zero-order valence-corrected chi connectivity index (χ0v) is 16.0. The summed E-state index contributed by atoms with van der Waals surface area (Å²) >= 11 is 0. The first-order valence-corrected chi connectivity index (χ1v) is 9.62. The standard InChI is InChI=1S/C24H18N2O4/c27-23-21(16-7-3-1-4-8-16)22(25-17-9-5-2-6-10-17)24(28)26(23)18-11-12-19-20(15-18)30-14-13-29-19/h1-12,15,25H,13-14H2. The van der Waals surface area contributed by atoms with Gasteiger partial charge in [0.25, 0.3) is 11.8 Å². The lowest BCUT2D eigenvalue weighted by molar-refractivity contribution is -0.120. The zero-order chi connectivity index (χ0) is 20.5. The van der Waals surface area contributed by atoms with Crippen molar-refractivity contribution in [1.82, 2.24) is 0 Å². The molecule has 3 aromatic carbocycles. The van der Waals surface area contributed by atoms with Crippen LogP contribution in [0.3, 0.4) is 0 Å². The van der Waals surface area contributed by atoms with E-state index >= 15 is 0 Å². The first kappa shape index (κ1) is 18.0. The van der Waals surface area contributed by atoms with Gasteiger partial charge in [-0.05, 0) is 29.8 Å². The molecule has 5 rings (SSSR count). The Bertz CT molecular complexity index is 1160. The molecular weight excluding hydrogens is 380 g/mol. The molecule has 0 saturated heterocycles. The molecule has 0 aromatic heterocycles. The van der Waals surface area contributed by atoms with E-state index in [0.29, 0.717) is 41.5 Å². The molecule has 3 aromatic rings. The van der Waals surface area contributed by atoms with Gasteiger partial charge in [0.15, 0.2) is 11.5 Å². The van der Waals surface area contributed by atoms with Crippen LogP contribution in [0.2, 0.25) is 0 Å². The summed E-state index contributed by atoms with van der Waals surface area (Å²) in [5, 5.41) is 3.14. The highest BCUT2D eigenvalue weighted by atomic mass is 16.6. The summed E-state index contributed by atoms with van der Waals surface area (Å²) in [6.45, 7) is 0.894. The number of ether oxygens (including phenoxy) is 2. The molecule has 0 bridgehead atoms. The third-order valence-corrected chi connectivity index (χ3v) is 4.97. The molecule has 6 heteroatoms. The molecule has 0 radical (unpaired) electrons. The van der Waals surface area contributed by atoms with Crippen molar-refractivity contribution in [3.63, 3.8) is 0 Å². The number of fused-ring (bicyclic) bond motifs is 1. The van der Waals surface area contributed by atoms with Gasteiger partial charge < -0.3 is 14.8 Å². The van der Waals surface area contributed by atoms with Crippen LogP contribution in [0.25, 0.3) is 5.57 Å². The summed E-state index contributed by atoms with van der Waals surface area (Å²) < 4.78 is 11.2. The molecule has 0 fully saturated rings. The van der Waals surface area contributed by atoms with Crippen molar-refractivity contribution >= 4 is 28.8 Å². The molecule has 30 heavy (non-hydrogen) atoms. The number of nitrogens with one attached hydrogen (secondary N) is 1. The minimum Gasteiger partial charge on any atom is -0.486 e. The lowest BCUT2D eigenvalue weighted by atomic mass is 10.0. The lowest BCUT2D eigenvalue weighted by Gasteiger charge is -2.21. The molecule has 2 heterocycles. The van der Waals surface area contributed by atoms with Crippen molar-refractivity contribution in [3.8, 4) is 11.5 Å². The van der Waals surface area contributed by atoms with Crippen molar-refractivity contribution in [2.75, 3.05) is 23.4 Å². The molecular formula is C24H18N2O4. The Morgan fingerprint density at radius 1 is 0.733 bits per heavy atom. The monoisotopic (exact) mass is 398 g/mol. The molecule has 2 amide bonds. The highest BCUT2D eigenvalue weighted by molar-refractivity contribution is 6.46. The number of anilines is 2. The number of carbonyl (C=O) groups is 2. The Hall–Kier alpha value is -4.06. The minimum atomic E-state index is -0.417. The molecule has 0 saturated carbocycles. The largest absolute Gasteiger partial charge is 0.486 e. The van der Waals surface area contributed by atoms with Gasteiger partial charge in [-0.25, -0.2) is 4.90 Å². The van der Waals surface area contributed by atoms with Crippen LogP contribution in [0, 0.1) is 0 Å². The van der Waals surface area contributed by atoms with Crippen LogP contribution < -0.4 is 19.7 Å². The third kappa shape index (κ3) is 3.08. The Morgan fingerprint density at radius 2 is 1.40 bits per heavy atom. The molecule has 0 spiro atoms. The van der Waals surface area contributed by atoms with Crippen LogP contribution in [-0.4, -0.2) is 25.0 Å². The number of amides is 2. The fraction of sp³-hybridized carbons (Fsp3) is 0.0833. The Morgan fingerprint density at radius 3 is 2.13 bits per heavy atom. The number of rotatable bonds is 4. The average Bonchev–Trinajstić information content (AvgIpc) is 3.04. The number of nitrogens with zero attached hydrogens (tertiary/aromatic N) is 1. The predicted molar refractivity (Wildman–Crippen MR) is 113 cm³/mol. The molecule has 0 aliphatic carbocycles. The molecule has 0 unspecified atom stereocenters. The fourth-order valence-electron chi connectivity index (χ4n) is 3.59. The third-order valence-electron chi connectivity index (χ3n) is 4.97. The predicted octanol–water partition coefficient (Wildman–Crippen LogP) is 3.85. The number of para-hydroxylation sites is 1. The van der Waals surface area contributed by atoms with E-state index in [0.717, 1.165) is 5.69 Å². The zero-order valence-electron chi connectivity index (χ0n) is 16.0. The van der Waals surface area contributed by atoms with Gasteiger partial charge in [0, 0.05) is 11.8 Å². The quantitative estimate of drug-likeness (QED) is 0.676. The van der Waals surface area contributed by atoms with Crippen molar-refractivity contribution in [2.45, 2.75) is 0 Å². The summed E-state index contributed by atoms with van der Waals surface area (Å²) in [5.41, 5.74) is 2.42. The van der Waals surface area contributed by atoms with Gasteiger partial charge in [-0.1, -0.05) is 48.5 Å². The van der Waals surface area contributed by atoms with Crippen LogP contribution in [0.4, 0.5) is 11.4 Å². The SMILES string of the molecule is O=C1C(Nc2ccccc2)=C(c2ccccc2)C(=O)N1c1ccc2c(c1)OCCO2. The number of hydrogen-bond donors (Lipinski definition) is 1. The summed E-state index contributed by atoms with van der Waals surface area (Å²) in [6.07, 6.45) is 0. The highest BCUT2D eigenvalue weighted by Crippen LogP contribution is 2.38. The maximum atomic E-state index is 13.4. The van der Waals surface area contributed by atoms with Crippen LogP contribution >= 0.6 is 0 Å². The molecule has 1 N–H and O–H groups in total. The van der Waals surface area contributed by atoms with Crippen molar-refractivity contribution in [3.05, 3.63) is 90.1 Å². The van der Waals surface area contributed by atoms with E-state index in [1.807, 2.05) is 60.7 Å². The van der Waals surface area contributed by atoms with Crippen molar-refractivity contribution in [2.24, 2.45) is 0 Å². The van der Waals surface area contributed by atoms with E-state index in [2.05, 4.69) is 5.32 Å². The van der Waals surface area contributed by atoms with Gasteiger partial charge in [0.05, 0.1) is 11.3 Å². The second-order valence-electron chi connectivity index (χ2n) is 6.88. The Kier molecular flexibility index (Phi) is 4.44. The first-order valence-electron chi connectivity index (χ1n) is 9.62. The highest BCUT2D eigenvalue weighted by Gasteiger charge is 2.40. The molecule has 148 valence electrons. The van der Waals surface area contributed by atoms with Gasteiger partial charge in [-0.2, -0.15) is 0 Å². The second-order valence-corrected chi connectivity index (χ2v) is 6.88.